The van der Waals surface area contributed by atoms with Gasteiger partial charge in [0.25, 0.3) is 0 Å². The fraction of sp³-hybridized carbons (Fsp3) is 0.522. The summed E-state index contributed by atoms with van der Waals surface area (Å²) >= 11 is 0. The summed E-state index contributed by atoms with van der Waals surface area (Å²) in [6, 6.07) is 6.17. The third kappa shape index (κ3) is 7.55. The molecule has 0 unspecified atom stereocenters. The first kappa shape index (κ1) is 26.7. The summed E-state index contributed by atoms with van der Waals surface area (Å²) < 4.78 is 77.8. The summed E-state index contributed by atoms with van der Waals surface area (Å²) in [5, 5.41) is 11.6. The Morgan fingerprint density at radius 3 is 2.43 bits per heavy atom. The SMILES string of the molecule is O=C(CCCc1ccc(C(F)(F)F)cc1)[C@@H]1CCCN(c2cc(NCCO)nc(C(F)(F)F)n2)C1. The van der Waals surface area contributed by atoms with Crippen molar-refractivity contribution < 1.29 is 36.2 Å². The zero-order chi connectivity index (χ0) is 25.6. The van der Waals surface area contributed by atoms with Crippen molar-refractivity contribution in [1.82, 2.24) is 9.97 Å². The van der Waals surface area contributed by atoms with E-state index in [1.54, 1.807) is 4.90 Å². The third-order valence-electron chi connectivity index (χ3n) is 5.75. The lowest BCUT2D eigenvalue weighted by molar-refractivity contribution is -0.144. The molecule has 1 aromatic heterocycles. The molecule has 0 saturated carbocycles. The van der Waals surface area contributed by atoms with Crippen molar-refractivity contribution in [2.75, 3.05) is 36.5 Å². The summed E-state index contributed by atoms with van der Waals surface area (Å²) in [6.07, 6.45) is -6.83. The quantitative estimate of drug-likeness (QED) is 0.481. The minimum absolute atomic E-state index is 0.0216. The van der Waals surface area contributed by atoms with Crippen molar-refractivity contribution >= 4 is 17.4 Å². The van der Waals surface area contributed by atoms with Gasteiger partial charge in [0.05, 0.1) is 12.2 Å². The minimum atomic E-state index is -4.75. The number of alkyl halides is 6. The van der Waals surface area contributed by atoms with Crippen molar-refractivity contribution in [3.05, 3.63) is 47.3 Å². The number of anilines is 2. The molecule has 0 aliphatic carbocycles. The van der Waals surface area contributed by atoms with Crippen LogP contribution in [0.5, 0.6) is 0 Å². The van der Waals surface area contributed by atoms with Crippen LogP contribution >= 0.6 is 0 Å². The van der Waals surface area contributed by atoms with E-state index >= 15 is 0 Å². The van der Waals surface area contributed by atoms with Crippen molar-refractivity contribution in [1.29, 1.82) is 0 Å². The molecule has 1 aliphatic heterocycles. The molecule has 2 aromatic rings. The summed E-state index contributed by atoms with van der Waals surface area (Å²) in [5.74, 6) is -1.74. The molecule has 0 radical (unpaired) electrons. The van der Waals surface area contributed by atoms with Gasteiger partial charge in [-0.05, 0) is 43.4 Å². The Hall–Kier alpha value is -2.89. The van der Waals surface area contributed by atoms with Crippen LogP contribution < -0.4 is 10.2 Å². The summed E-state index contributed by atoms with van der Waals surface area (Å²) in [6.45, 7) is 0.386. The largest absolute Gasteiger partial charge is 0.451 e. The van der Waals surface area contributed by atoms with E-state index < -0.39 is 23.7 Å². The highest BCUT2D eigenvalue weighted by atomic mass is 19.4. The highest BCUT2D eigenvalue weighted by Crippen LogP contribution is 2.32. The number of aliphatic hydroxyl groups is 1. The predicted octanol–water partition coefficient (Wildman–Crippen LogP) is 4.73. The summed E-state index contributed by atoms with van der Waals surface area (Å²) in [7, 11) is 0. The number of carbonyl (C=O) groups is 1. The molecule has 1 fully saturated rings. The second-order valence-electron chi connectivity index (χ2n) is 8.38. The van der Waals surface area contributed by atoms with Gasteiger partial charge < -0.3 is 15.3 Å². The van der Waals surface area contributed by atoms with Gasteiger partial charge in [-0.3, -0.25) is 4.79 Å². The fourth-order valence-electron chi connectivity index (χ4n) is 3.98. The Morgan fingerprint density at radius 2 is 1.80 bits per heavy atom. The zero-order valence-corrected chi connectivity index (χ0v) is 18.8. The third-order valence-corrected chi connectivity index (χ3v) is 5.75. The monoisotopic (exact) mass is 504 g/mol. The van der Waals surface area contributed by atoms with Gasteiger partial charge in [-0.2, -0.15) is 26.3 Å². The normalized spacial score (nSPS) is 16.9. The molecule has 2 N–H and O–H groups in total. The number of aryl methyl sites for hydroxylation is 1. The van der Waals surface area contributed by atoms with Crippen LogP contribution in [0.3, 0.4) is 0 Å². The number of halogens is 6. The molecular weight excluding hydrogens is 478 g/mol. The van der Waals surface area contributed by atoms with Gasteiger partial charge in [-0.1, -0.05) is 12.1 Å². The van der Waals surface area contributed by atoms with Gasteiger partial charge >= 0.3 is 12.4 Å². The molecule has 3 rings (SSSR count). The number of ketones is 1. The number of benzene rings is 1. The molecule has 0 spiro atoms. The smallest absolute Gasteiger partial charge is 0.395 e. The molecular formula is C23H26F6N4O2. The van der Waals surface area contributed by atoms with Crippen molar-refractivity contribution in [3.8, 4) is 0 Å². The highest BCUT2D eigenvalue weighted by Gasteiger charge is 2.36. The fourth-order valence-corrected chi connectivity index (χ4v) is 3.98. The van der Waals surface area contributed by atoms with E-state index in [4.69, 9.17) is 5.11 Å². The van der Waals surface area contributed by atoms with Crippen LogP contribution in [0.2, 0.25) is 0 Å². The second-order valence-corrected chi connectivity index (χ2v) is 8.38. The number of Topliss-reactive ketones (excluding diaryl/α,β-unsaturated/α-hetero) is 1. The first-order chi connectivity index (χ1) is 16.5. The number of aromatic nitrogens is 2. The van der Waals surface area contributed by atoms with Gasteiger partial charge in [0.1, 0.15) is 17.4 Å². The van der Waals surface area contributed by atoms with Gasteiger partial charge in [0, 0.05) is 38.0 Å². The van der Waals surface area contributed by atoms with Crippen LogP contribution in [0.25, 0.3) is 0 Å². The Labute approximate surface area is 198 Å². The molecule has 1 aromatic carbocycles. The minimum Gasteiger partial charge on any atom is -0.395 e. The molecule has 1 aliphatic rings. The Morgan fingerprint density at radius 1 is 1.09 bits per heavy atom. The van der Waals surface area contributed by atoms with Crippen molar-refractivity contribution in [2.45, 2.75) is 44.5 Å². The molecule has 0 bridgehead atoms. The first-order valence-corrected chi connectivity index (χ1v) is 11.2. The van der Waals surface area contributed by atoms with E-state index in [1.165, 1.54) is 18.2 Å². The second kappa shape index (κ2) is 11.2. The van der Waals surface area contributed by atoms with Crippen LogP contribution in [-0.4, -0.2) is 47.1 Å². The Bertz CT molecular complexity index is 995. The number of nitrogens with one attached hydrogen (secondary N) is 1. The molecule has 35 heavy (non-hydrogen) atoms. The number of aliphatic hydroxyl groups excluding tert-OH is 1. The number of hydrogen-bond donors (Lipinski definition) is 2. The number of piperidine rings is 1. The maximum absolute atomic E-state index is 13.3. The Kier molecular flexibility index (Phi) is 8.57. The molecule has 0 amide bonds. The van der Waals surface area contributed by atoms with Gasteiger partial charge in [0.2, 0.25) is 5.82 Å². The maximum atomic E-state index is 13.3. The first-order valence-electron chi connectivity index (χ1n) is 11.2. The predicted molar refractivity (Wildman–Crippen MR) is 117 cm³/mol. The van der Waals surface area contributed by atoms with Crippen LogP contribution in [0.1, 0.15) is 42.6 Å². The van der Waals surface area contributed by atoms with Crippen LogP contribution in [0, 0.1) is 5.92 Å². The molecule has 6 nitrogen and oxygen atoms in total. The lowest BCUT2D eigenvalue weighted by Crippen LogP contribution is -2.39. The molecule has 1 atom stereocenters. The lowest BCUT2D eigenvalue weighted by atomic mass is 9.90. The topological polar surface area (TPSA) is 78.4 Å². The summed E-state index contributed by atoms with van der Waals surface area (Å²) in [4.78, 5) is 21.5. The molecule has 192 valence electrons. The van der Waals surface area contributed by atoms with Crippen LogP contribution in [0.4, 0.5) is 38.0 Å². The van der Waals surface area contributed by atoms with E-state index in [-0.39, 0.29) is 49.5 Å². The standard InChI is InChI=1S/C23H26F6N4O2/c24-22(25,26)17-8-6-15(7-9-17)3-1-5-18(35)16-4-2-11-33(14-16)20-13-19(30-10-12-34)31-21(32-20)23(27,28)29/h6-9,13,16,34H,1-5,10-12,14H2,(H,30,31,32)/t16-/m1/s1. The zero-order valence-electron chi connectivity index (χ0n) is 18.8. The van der Waals surface area contributed by atoms with E-state index in [0.717, 1.165) is 12.1 Å². The highest BCUT2D eigenvalue weighted by molar-refractivity contribution is 5.81. The summed E-state index contributed by atoms with van der Waals surface area (Å²) in [5.41, 5.74) is -0.0348. The van der Waals surface area contributed by atoms with E-state index in [2.05, 4.69) is 15.3 Å². The average Bonchev–Trinajstić information content (AvgIpc) is 2.82. The van der Waals surface area contributed by atoms with E-state index in [0.29, 0.717) is 37.8 Å². The van der Waals surface area contributed by atoms with Gasteiger partial charge in [0.15, 0.2) is 0 Å². The van der Waals surface area contributed by atoms with E-state index in [9.17, 15) is 31.1 Å². The van der Waals surface area contributed by atoms with Gasteiger partial charge in [-0.15, -0.1) is 0 Å². The van der Waals surface area contributed by atoms with Gasteiger partial charge in [-0.25, -0.2) is 9.97 Å². The van der Waals surface area contributed by atoms with Crippen LogP contribution in [0.15, 0.2) is 30.3 Å². The molecule has 2 heterocycles. The Balaban J connectivity index is 1.60. The van der Waals surface area contributed by atoms with Crippen LogP contribution in [-0.2, 0) is 23.6 Å². The van der Waals surface area contributed by atoms with Crippen molar-refractivity contribution in [3.63, 3.8) is 0 Å². The number of nitrogens with zero attached hydrogens (tertiary/aromatic N) is 3. The average molecular weight is 504 g/mol. The molecule has 1 saturated heterocycles. The molecule has 12 heteroatoms. The maximum Gasteiger partial charge on any atom is 0.451 e. The van der Waals surface area contributed by atoms with Crippen molar-refractivity contribution in [2.24, 2.45) is 5.92 Å². The number of hydrogen-bond acceptors (Lipinski definition) is 6. The van der Waals surface area contributed by atoms with E-state index in [1.807, 2.05) is 0 Å². The number of rotatable bonds is 9. The number of carbonyl (C=O) groups excluding carboxylic acids is 1. The lowest BCUT2D eigenvalue weighted by Gasteiger charge is -2.33.